The van der Waals surface area contributed by atoms with Crippen molar-refractivity contribution in [3.63, 3.8) is 0 Å². The molecule has 0 bridgehead atoms. The average Bonchev–Trinajstić information content (AvgIpc) is 3.03. The fraction of sp³-hybridized carbons (Fsp3) is 0.235. The molecule has 3 rings (SSSR count). The van der Waals surface area contributed by atoms with Gasteiger partial charge < -0.3 is 0 Å². The quantitative estimate of drug-likeness (QED) is 0.638. The van der Waals surface area contributed by atoms with Crippen molar-refractivity contribution in [2.75, 3.05) is 7.05 Å². The zero-order valence-corrected chi connectivity index (χ0v) is 15.5. The first-order valence-corrected chi connectivity index (χ1v) is 9.88. The highest BCUT2D eigenvalue weighted by molar-refractivity contribution is 7.89. The lowest BCUT2D eigenvalue weighted by molar-refractivity contribution is -0.139. The molecule has 1 atom stereocenters. The van der Waals surface area contributed by atoms with Gasteiger partial charge >= 0.3 is 6.18 Å². The van der Waals surface area contributed by atoms with Gasteiger partial charge in [-0.15, -0.1) is 11.3 Å². The Bertz CT molecular complexity index is 1010. The summed E-state index contributed by atoms with van der Waals surface area (Å²) in [7, 11) is -3.09. The van der Waals surface area contributed by atoms with E-state index in [0.29, 0.717) is 5.01 Å². The third kappa shape index (κ3) is 3.34. The fourth-order valence-electron chi connectivity index (χ4n) is 2.51. The van der Waals surface area contributed by atoms with E-state index >= 15 is 0 Å². The summed E-state index contributed by atoms with van der Waals surface area (Å²) in [6.45, 7) is 1.60. The Hall–Kier alpha value is -1.97. The number of nitrogens with zero attached hydrogens (tertiary/aromatic N) is 2. The molecule has 0 aliphatic heterocycles. The second-order valence-electron chi connectivity index (χ2n) is 5.71. The highest BCUT2D eigenvalue weighted by atomic mass is 32.2. The molecule has 26 heavy (non-hydrogen) atoms. The van der Waals surface area contributed by atoms with Crippen LogP contribution in [0.4, 0.5) is 13.2 Å². The zero-order chi connectivity index (χ0) is 19.1. The number of thiazole rings is 1. The number of benzene rings is 2. The van der Waals surface area contributed by atoms with E-state index in [1.54, 1.807) is 13.0 Å². The summed E-state index contributed by atoms with van der Waals surface area (Å²) in [5, 5.41) is 0.516. The van der Waals surface area contributed by atoms with Crippen LogP contribution in [0.1, 0.15) is 23.5 Å². The maximum atomic E-state index is 13.2. The maximum absolute atomic E-state index is 13.2. The van der Waals surface area contributed by atoms with Crippen LogP contribution in [0.5, 0.6) is 0 Å². The standard InChI is InChI=1S/C17H15F3N2O2S2/c1-11(16-21-13-8-4-5-9-14(13)25-16)22(2)26(23,24)15-10-6-3-7-12(15)17(18,19)20/h3-11H,1-2H3/t11-/m0/s1. The van der Waals surface area contributed by atoms with Crippen LogP contribution >= 0.6 is 11.3 Å². The van der Waals surface area contributed by atoms with Gasteiger partial charge in [-0.1, -0.05) is 24.3 Å². The molecule has 9 heteroatoms. The Labute approximate surface area is 153 Å². The van der Waals surface area contributed by atoms with E-state index in [1.165, 1.54) is 30.5 Å². The van der Waals surface area contributed by atoms with Crippen molar-refractivity contribution >= 4 is 31.6 Å². The summed E-state index contributed by atoms with van der Waals surface area (Å²) in [6.07, 6.45) is -4.76. The highest BCUT2D eigenvalue weighted by Crippen LogP contribution is 2.37. The maximum Gasteiger partial charge on any atom is 0.417 e. The molecule has 0 N–H and O–H groups in total. The largest absolute Gasteiger partial charge is 0.417 e. The molecule has 0 unspecified atom stereocenters. The topological polar surface area (TPSA) is 50.3 Å². The number of para-hydroxylation sites is 1. The van der Waals surface area contributed by atoms with E-state index in [0.717, 1.165) is 26.7 Å². The molecule has 1 aromatic heterocycles. The van der Waals surface area contributed by atoms with Crippen molar-refractivity contribution in [2.45, 2.75) is 24.0 Å². The zero-order valence-electron chi connectivity index (χ0n) is 13.9. The van der Waals surface area contributed by atoms with Crippen LogP contribution in [0.3, 0.4) is 0 Å². The minimum Gasteiger partial charge on any atom is -0.239 e. The highest BCUT2D eigenvalue weighted by Gasteiger charge is 2.39. The number of rotatable bonds is 4. The van der Waals surface area contributed by atoms with Crippen LogP contribution in [-0.4, -0.2) is 24.8 Å². The van der Waals surface area contributed by atoms with Crippen molar-refractivity contribution < 1.29 is 21.6 Å². The number of sulfonamides is 1. The molecule has 2 aromatic carbocycles. The molecular formula is C17H15F3N2O2S2. The van der Waals surface area contributed by atoms with Gasteiger partial charge in [0.05, 0.1) is 26.7 Å². The predicted molar refractivity (Wildman–Crippen MR) is 94.4 cm³/mol. The van der Waals surface area contributed by atoms with Crippen molar-refractivity contribution in [1.82, 2.24) is 9.29 Å². The molecule has 0 aliphatic carbocycles. The Morgan fingerprint density at radius 1 is 1.08 bits per heavy atom. The van der Waals surface area contributed by atoms with E-state index in [4.69, 9.17) is 0 Å². The first-order valence-electron chi connectivity index (χ1n) is 7.62. The predicted octanol–water partition coefficient (Wildman–Crippen LogP) is 4.70. The first kappa shape index (κ1) is 18.8. The number of fused-ring (bicyclic) bond motifs is 1. The van der Waals surface area contributed by atoms with Gasteiger partial charge in [-0.25, -0.2) is 13.4 Å². The summed E-state index contributed by atoms with van der Waals surface area (Å²) in [5.41, 5.74) is -0.454. The van der Waals surface area contributed by atoms with Crippen LogP contribution in [0, 0.1) is 0 Å². The van der Waals surface area contributed by atoms with E-state index in [1.807, 2.05) is 18.2 Å². The normalized spacial score (nSPS) is 14.1. The SMILES string of the molecule is C[C@@H](c1nc2ccccc2s1)N(C)S(=O)(=O)c1ccccc1C(F)(F)F. The van der Waals surface area contributed by atoms with Gasteiger partial charge in [-0.3, -0.25) is 0 Å². The third-order valence-electron chi connectivity index (χ3n) is 4.06. The number of hydrogen-bond acceptors (Lipinski definition) is 4. The summed E-state index contributed by atoms with van der Waals surface area (Å²) >= 11 is 1.32. The summed E-state index contributed by atoms with van der Waals surface area (Å²) in [6, 6.07) is 10.8. The molecule has 0 saturated carbocycles. The molecule has 3 aromatic rings. The van der Waals surface area contributed by atoms with Crippen molar-refractivity contribution in [1.29, 1.82) is 0 Å². The monoisotopic (exact) mass is 400 g/mol. The summed E-state index contributed by atoms with van der Waals surface area (Å²) in [5.74, 6) is 0. The number of halogens is 3. The second-order valence-corrected chi connectivity index (χ2v) is 8.74. The first-order chi connectivity index (χ1) is 12.1. The number of hydrogen-bond donors (Lipinski definition) is 0. The lowest BCUT2D eigenvalue weighted by Gasteiger charge is -2.24. The minimum absolute atomic E-state index is 0.516. The molecule has 0 fully saturated rings. The lowest BCUT2D eigenvalue weighted by Crippen LogP contribution is -2.31. The minimum atomic E-state index is -4.76. The Morgan fingerprint density at radius 2 is 1.69 bits per heavy atom. The molecule has 0 saturated heterocycles. The van der Waals surface area contributed by atoms with Gasteiger partial charge in [0.1, 0.15) is 5.01 Å². The fourth-order valence-corrected chi connectivity index (χ4v) is 5.18. The van der Waals surface area contributed by atoms with Gasteiger partial charge in [-0.05, 0) is 31.2 Å². The van der Waals surface area contributed by atoms with E-state index in [2.05, 4.69) is 4.98 Å². The average molecular weight is 400 g/mol. The molecular weight excluding hydrogens is 385 g/mol. The molecule has 4 nitrogen and oxygen atoms in total. The van der Waals surface area contributed by atoms with Gasteiger partial charge in [0.15, 0.2) is 0 Å². The van der Waals surface area contributed by atoms with Gasteiger partial charge in [0.2, 0.25) is 10.0 Å². The Balaban J connectivity index is 2.02. The Morgan fingerprint density at radius 3 is 2.35 bits per heavy atom. The summed E-state index contributed by atoms with van der Waals surface area (Å²) in [4.78, 5) is 3.64. The van der Waals surface area contributed by atoms with E-state index in [-0.39, 0.29) is 0 Å². The Kier molecular flexibility index (Phi) is 4.80. The second kappa shape index (κ2) is 6.64. The third-order valence-corrected chi connectivity index (χ3v) is 7.26. The van der Waals surface area contributed by atoms with Gasteiger partial charge in [0, 0.05) is 7.05 Å². The van der Waals surface area contributed by atoms with Crippen molar-refractivity contribution in [3.8, 4) is 0 Å². The van der Waals surface area contributed by atoms with E-state index in [9.17, 15) is 21.6 Å². The molecule has 0 spiro atoms. The molecule has 0 amide bonds. The van der Waals surface area contributed by atoms with Gasteiger partial charge in [0.25, 0.3) is 0 Å². The summed E-state index contributed by atoms with van der Waals surface area (Å²) < 4.78 is 67.1. The lowest BCUT2D eigenvalue weighted by atomic mass is 10.2. The molecule has 1 heterocycles. The van der Waals surface area contributed by atoms with Crippen LogP contribution in [0.2, 0.25) is 0 Å². The van der Waals surface area contributed by atoms with Crippen LogP contribution in [0.15, 0.2) is 53.4 Å². The van der Waals surface area contributed by atoms with Gasteiger partial charge in [-0.2, -0.15) is 17.5 Å². The van der Waals surface area contributed by atoms with Crippen LogP contribution in [0.25, 0.3) is 10.2 Å². The molecule has 138 valence electrons. The van der Waals surface area contributed by atoms with Crippen molar-refractivity contribution in [3.05, 3.63) is 59.1 Å². The number of aromatic nitrogens is 1. The van der Waals surface area contributed by atoms with Crippen molar-refractivity contribution in [2.24, 2.45) is 0 Å². The van der Waals surface area contributed by atoms with E-state index < -0.39 is 32.7 Å². The molecule has 0 radical (unpaired) electrons. The van der Waals surface area contributed by atoms with Crippen LogP contribution < -0.4 is 0 Å². The van der Waals surface area contributed by atoms with Crippen LogP contribution in [-0.2, 0) is 16.2 Å². The number of alkyl halides is 3. The molecule has 0 aliphatic rings. The smallest absolute Gasteiger partial charge is 0.239 e.